The lowest BCUT2D eigenvalue weighted by molar-refractivity contribution is 1.17. The summed E-state index contributed by atoms with van der Waals surface area (Å²) in [5.74, 6) is 0. The number of nitriles is 1. The minimum atomic E-state index is 0.598. The van der Waals surface area contributed by atoms with E-state index in [1.165, 1.54) is 0 Å². The van der Waals surface area contributed by atoms with Gasteiger partial charge in [0.05, 0.1) is 35.1 Å². The van der Waals surface area contributed by atoms with Crippen LogP contribution in [0.2, 0.25) is 0 Å². The summed E-state index contributed by atoms with van der Waals surface area (Å²) in [6, 6.07) is 7.26. The van der Waals surface area contributed by atoms with Gasteiger partial charge < -0.3 is 11.1 Å². The van der Waals surface area contributed by atoms with E-state index in [0.717, 1.165) is 10.6 Å². The maximum absolute atomic E-state index is 8.78. The normalized spacial score (nSPS) is 9.69. The highest BCUT2D eigenvalue weighted by molar-refractivity contribution is 7.09. The number of aromatic nitrogens is 1. The molecule has 1 aromatic heterocycles. The lowest BCUT2D eigenvalue weighted by atomic mass is 10.2. The standard InChI is InChI=1S/C11H10N4S/c12-4-8-1-2-10(13)11(3-8)15-6-9-5-14-7-16-9/h1-3,5,7,15H,6,13H2. The lowest BCUT2D eigenvalue weighted by Crippen LogP contribution is -2.01. The second-order valence-electron chi connectivity index (χ2n) is 3.24. The fourth-order valence-electron chi connectivity index (χ4n) is 1.29. The fourth-order valence-corrected chi connectivity index (χ4v) is 1.83. The Balaban J connectivity index is 2.12. The van der Waals surface area contributed by atoms with E-state index < -0.39 is 0 Å². The molecule has 0 saturated carbocycles. The smallest absolute Gasteiger partial charge is 0.0992 e. The molecule has 0 aliphatic heterocycles. The molecule has 5 heteroatoms. The molecule has 4 nitrogen and oxygen atoms in total. The van der Waals surface area contributed by atoms with Crippen LogP contribution in [-0.2, 0) is 6.54 Å². The number of hydrogen-bond donors (Lipinski definition) is 2. The summed E-state index contributed by atoms with van der Waals surface area (Å²) >= 11 is 1.58. The highest BCUT2D eigenvalue weighted by atomic mass is 32.1. The first-order chi connectivity index (χ1) is 7.79. The molecule has 80 valence electrons. The molecule has 0 saturated heterocycles. The first kappa shape index (κ1) is 10.5. The number of thiazole rings is 1. The second-order valence-corrected chi connectivity index (χ2v) is 4.21. The van der Waals surface area contributed by atoms with Gasteiger partial charge in [-0.25, -0.2) is 0 Å². The van der Waals surface area contributed by atoms with Crippen molar-refractivity contribution in [3.05, 3.63) is 40.3 Å². The van der Waals surface area contributed by atoms with Crippen molar-refractivity contribution in [2.45, 2.75) is 6.54 Å². The van der Waals surface area contributed by atoms with Crippen molar-refractivity contribution in [1.29, 1.82) is 5.26 Å². The number of nitrogen functional groups attached to an aromatic ring is 1. The number of hydrogen-bond acceptors (Lipinski definition) is 5. The fraction of sp³-hybridized carbons (Fsp3) is 0.0909. The zero-order valence-electron chi connectivity index (χ0n) is 8.47. The molecule has 1 aromatic carbocycles. The maximum Gasteiger partial charge on any atom is 0.0992 e. The highest BCUT2D eigenvalue weighted by Gasteiger charge is 2.01. The Kier molecular flexibility index (Phi) is 3.03. The van der Waals surface area contributed by atoms with Gasteiger partial charge in [-0.2, -0.15) is 5.26 Å². The van der Waals surface area contributed by atoms with Crippen molar-refractivity contribution >= 4 is 22.7 Å². The number of nitrogens with one attached hydrogen (secondary N) is 1. The molecular weight excluding hydrogens is 220 g/mol. The average Bonchev–Trinajstić information content (AvgIpc) is 2.81. The van der Waals surface area contributed by atoms with Crippen LogP contribution in [0.25, 0.3) is 0 Å². The van der Waals surface area contributed by atoms with Gasteiger partial charge in [0.25, 0.3) is 0 Å². The number of nitrogens with two attached hydrogens (primary N) is 1. The minimum Gasteiger partial charge on any atom is -0.397 e. The zero-order chi connectivity index (χ0) is 11.4. The minimum absolute atomic E-state index is 0.598. The van der Waals surface area contributed by atoms with E-state index in [-0.39, 0.29) is 0 Å². The summed E-state index contributed by atoms with van der Waals surface area (Å²) in [6.45, 7) is 0.670. The Labute approximate surface area is 97.4 Å². The first-order valence-corrected chi connectivity index (χ1v) is 5.58. The molecule has 0 bridgehead atoms. The monoisotopic (exact) mass is 230 g/mol. The SMILES string of the molecule is N#Cc1ccc(N)c(NCc2cncs2)c1. The van der Waals surface area contributed by atoms with E-state index in [1.807, 2.05) is 6.20 Å². The van der Waals surface area contributed by atoms with Crippen LogP contribution in [0.1, 0.15) is 10.4 Å². The zero-order valence-corrected chi connectivity index (χ0v) is 9.29. The van der Waals surface area contributed by atoms with Crippen molar-refractivity contribution in [3.63, 3.8) is 0 Å². The average molecular weight is 230 g/mol. The quantitative estimate of drug-likeness (QED) is 0.793. The summed E-state index contributed by atoms with van der Waals surface area (Å²) < 4.78 is 0. The molecule has 2 aromatic rings. The molecule has 3 N–H and O–H groups in total. The summed E-state index contributed by atoms with van der Waals surface area (Å²) in [5, 5.41) is 12.0. The van der Waals surface area contributed by atoms with Crippen LogP contribution in [0, 0.1) is 11.3 Å². The van der Waals surface area contributed by atoms with Crippen molar-refractivity contribution in [2.24, 2.45) is 0 Å². The highest BCUT2D eigenvalue weighted by Crippen LogP contribution is 2.20. The molecule has 0 amide bonds. The first-order valence-electron chi connectivity index (χ1n) is 4.70. The van der Waals surface area contributed by atoms with Gasteiger partial charge in [-0.3, -0.25) is 4.98 Å². The molecule has 0 aliphatic carbocycles. The van der Waals surface area contributed by atoms with Gasteiger partial charge in [-0.1, -0.05) is 0 Å². The molecule has 0 atom stereocenters. The van der Waals surface area contributed by atoms with E-state index in [0.29, 0.717) is 17.8 Å². The van der Waals surface area contributed by atoms with Crippen LogP contribution < -0.4 is 11.1 Å². The van der Waals surface area contributed by atoms with Gasteiger partial charge in [0.1, 0.15) is 0 Å². The maximum atomic E-state index is 8.78. The summed E-state index contributed by atoms with van der Waals surface area (Å²) in [5.41, 5.74) is 9.61. The summed E-state index contributed by atoms with van der Waals surface area (Å²) in [7, 11) is 0. The molecule has 1 heterocycles. The molecule has 0 fully saturated rings. The number of rotatable bonds is 3. The van der Waals surface area contributed by atoms with Gasteiger partial charge in [-0.05, 0) is 18.2 Å². The molecular formula is C11H10N4S. The Bertz CT molecular complexity index is 513. The molecule has 16 heavy (non-hydrogen) atoms. The van der Waals surface area contributed by atoms with Crippen LogP contribution in [0.4, 0.5) is 11.4 Å². The third kappa shape index (κ3) is 2.30. The van der Waals surface area contributed by atoms with E-state index in [9.17, 15) is 0 Å². The van der Waals surface area contributed by atoms with Crippen molar-refractivity contribution in [3.8, 4) is 6.07 Å². The van der Waals surface area contributed by atoms with E-state index >= 15 is 0 Å². The van der Waals surface area contributed by atoms with Gasteiger partial charge >= 0.3 is 0 Å². The van der Waals surface area contributed by atoms with E-state index in [4.69, 9.17) is 11.0 Å². The van der Waals surface area contributed by atoms with Crippen LogP contribution in [-0.4, -0.2) is 4.98 Å². The van der Waals surface area contributed by atoms with E-state index in [1.54, 1.807) is 35.0 Å². The third-order valence-corrected chi connectivity index (χ3v) is 2.90. The Morgan fingerprint density at radius 2 is 2.38 bits per heavy atom. The van der Waals surface area contributed by atoms with Crippen molar-refractivity contribution in [2.75, 3.05) is 11.1 Å². The third-order valence-electron chi connectivity index (χ3n) is 2.12. The van der Waals surface area contributed by atoms with Gasteiger partial charge in [0.15, 0.2) is 0 Å². The summed E-state index contributed by atoms with van der Waals surface area (Å²) in [6.07, 6.45) is 1.81. The molecule has 0 aliphatic rings. The molecule has 2 rings (SSSR count). The largest absolute Gasteiger partial charge is 0.397 e. The van der Waals surface area contributed by atoms with Crippen LogP contribution in [0.5, 0.6) is 0 Å². The number of nitrogens with zero attached hydrogens (tertiary/aromatic N) is 2. The number of anilines is 2. The predicted molar refractivity (Wildman–Crippen MR) is 65.0 cm³/mol. The predicted octanol–water partition coefficient (Wildman–Crippen LogP) is 2.21. The van der Waals surface area contributed by atoms with Crippen LogP contribution in [0.15, 0.2) is 29.9 Å². The number of benzene rings is 1. The van der Waals surface area contributed by atoms with E-state index in [2.05, 4.69) is 16.4 Å². The molecule has 0 unspecified atom stereocenters. The van der Waals surface area contributed by atoms with Crippen LogP contribution in [0.3, 0.4) is 0 Å². The molecule has 0 radical (unpaired) electrons. The van der Waals surface area contributed by atoms with Crippen molar-refractivity contribution < 1.29 is 0 Å². The van der Waals surface area contributed by atoms with Gasteiger partial charge in [0, 0.05) is 11.1 Å². The van der Waals surface area contributed by atoms with Gasteiger partial charge in [-0.15, -0.1) is 11.3 Å². The Morgan fingerprint density at radius 3 is 3.06 bits per heavy atom. The lowest BCUT2D eigenvalue weighted by Gasteiger charge is -2.07. The Hall–Kier alpha value is -2.06. The topological polar surface area (TPSA) is 74.7 Å². The second kappa shape index (κ2) is 4.64. The van der Waals surface area contributed by atoms with Crippen molar-refractivity contribution in [1.82, 2.24) is 4.98 Å². The summed E-state index contributed by atoms with van der Waals surface area (Å²) in [4.78, 5) is 5.11. The van der Waals surface area contributed by atoms with Crippen LogP contribution >= 0.6 is 11.3 Å². The van der Waals surface area contributed by atoms with Gasteiger partial charge in [0.2, 0.25) is 0 Å². The molecule has 0 spiro atoms. The Morgan fingerprint density at radius 1 is 1.50 bits per heavy atom.